The van der Waals surface area contributed by atoms with Crippen molar-refractivity contribution in [3.8, 4) is 11.4 Å². The van der Waals surface area contributed by atoms with E-state index in [-0.39, 0.29) is 6.79 Å². The molecule has 0 aliphatic carbocycles. The van der Waals surface area contributed by atoms with Crippen LogP contribution in [0.25, 0.3) is 27.5 Å². The van der Waals surface area contributed by atoms with Gasteiger partial charge in [0, 0.05) is 17.9 Å². The van der Waals surface area contributed by atoms with E-state index in [1.807, 2.05) is 0 Å². The van der Waals surface area contributed by atoms with Crippen molar-refractivity contribution in [2.75, 3.05) is 13.9 Å². The number of hydrogen-bond acceptors (Lipinski definition) is 2. The molecular weight excluding hydrogens is 378 g/mol. The first-order chi connectivity index (χ1) is 12.2. The summed E-state index contributed by atoms with van der Waals surface area (Å²) < 4.78 is 14.2. The van der Waals surface area contributed by atoms with Gasteiger partial charge >= 0.3 is 0 Å². The summed E-state index contributed by atoms with van der Waals surface area (Å²) >= 11 is 3.65. The van der Waals surface area contributed by atoms with Gasteiger partial charge in [0.25, 0.3) is 0 Å². The normalized spacial score (nSPS) is 11.3. The molecule has 25 heavy (non-hydrogen) atoms. The molecule has 0 radical (unpaired) electrons. The van der Waals surface area contributed by atoms with Crippen molar-refractivity contribution in [2.45, 2.75) is 6.92 Å². The van der Waals surface area contributed by atoms with Crippen molar-refractivity contribution in [1.29, 1.82) is 0 Å². The van der Waals surface area contributed by atoms with E-state index in [1.54, 1.807) is 7.11 Å². The summed E-state index contributed by atoms with van der Waals surface area (Å²) in [5, 5.41) is 2.46. The number of para-hydroxylation sites is 2. The molecule has 0 aliphatic heterocycles. The number of rotatable bonds is 4. The lowest BCUT2D eigenvalue weighted by atomic mass is 10.2. The quantitative estimate of drug-likeness (QED) is 0.405. The van der Waals surface area contributed by atoms with Gasteiger partial charge in [-0.1, -0.05) is 36.4 Å². The number of aromatic nitrogens is 1. The Morgan fingerprint density at radius 3 is 2.12 bits per heavy atom. The number of benzene rings is 3. The van der Waals surface area contributed by atoms with E-state index >= 15 is 0 Å². The van der Waals surface area contributed by atoms with Gasteiger partial charge in [-0.15, -0.1) is 0 Å². The minimum absolute atomic E-state index is 0.200. The van der Waals surface area contributed by atoms with Crippen LogP contribution in [0.1, 0.15) is 5.56 Å². The zero-order valence-electron chi connectivity index (χ0n) is 14.1. The molecule has 0 aliphatic rings. The van der Waals surface area contributed by atoms with Gasteiger partial charge in [0.05, 0.1) is 21.2 Å². The molecule has 126 valence electrons. The summed E-state index contributed by atoms with van der Waals surface area (Å²) in [6, 6.07) is 21.1. The fourth-order valence-corrected chi connectivity index (χ4v) is 4.00. The molecule has 4 rings (SSSR count). The van der Waals surface area contributed by atoms with Crippen molar-refractivity contribution in [3.63, 3.8) is 0 Å². The third-order valence-corrected chi connectivity index (χ3v) is 4.90. The van der Waals surface area contributed by atoms with Crippen LogP contribution in [0.5, 0.6) is 5.75 Å². The average Bonchev–Trinajstić information content (AvgIpc) is 2.95. The Hall–Kier alpha value is -2.30. The minimum Gasteiger partial charge on any atom is -0.464 e. The maximum atomic E-state index is 5.90. The second kappa shape index (κ2) is 6.54. The van der Waals surface area contributed by atoms with Crippen LogP contribution in [-0.2, 0) is 4.74 Å². The third-order valence-electron chi connectivity index (χ3n) is 4.31. The van der Waals surface area contributed by atoms with Gasteiger partial charge < -0.3 is 14.0 Å². The fraction of sp³-hybridized carbons (Fsp3) is 0.143. The van der Waals surface area contributed by atoms with Gasteiger partial charge in [0.1, 0.15) is 0 Å². The monoisotopic (exact) mass is 395 g/mol. The highest BCUT2D eigenvalue weighted by Gasteiger charge is 2.17. The molecule has 0 saturated carbocycles. The van der Waals surface area contributed by atoms with Crippen LogP contribution in [0.15, 0.2) is 65.1 Å². The first-order valence-corrected chi connectivity index (χ1v) is 8.90. The molecule has 0 unspecified atom stereocenters. The lowest BCUT2D eigenvalue weighted by Crippen LogP contribution is -2.05. The average molecular weight is 396 g/mol. The molecular formula is C21H18BrNO2. The number of methoxy groups -OCH3 is 1. The van der Waals surface area contributed by atoms with Crippen LogP contribution in [0.4, 0.5) is 0 Å². The zero-order chi connectivity index (χ0) is 17.4. The molecule has 0 fully saturated rings. The molecule has 1 aromatic heterocycles. The van der Waals surface area contributed by atoms with E-state index in [2.05, 4.69) is 88.1 Å². The van der Waals surface area contributed by atoms with Crippen LogP contribution in [0.3, 0.4) is 0 Å². The molecule has 1 heterocycles. The van der Waals surface area contributed by atoms with Gasteiger partial charge in [0.2, 0.25) is 0 Å². The van der Waals surface area contributed by atoms with E-state index in [0.717, 1.165) is 32.5 Å². The predicted octanol–water partition coefficient (Wildman–Crippen LogP) is 5.84. The van der Waals surface area contributed by atoms with E-state index in [1.165, 1.54) is 10.8 Å². The number of aryl methyl sites for hydroxylation is 1. The lowest BCUT2D eigenvalue weighted by Gasteiger charge is -2.16. The van der Waals surface area contributed by atoms with Crippen molar-refractivity contribution in [3.05, 3.63) is 70.7 Å². The highest BCUT2D eigenvalue weighted by molar-refractivity contribution is 9.10. The maximum Gasteiger partial charge on any atom is 0.188 e. The van der Waals surface area contributed by atoms with Crippen molar-refractivity contribution in [1.82, 2.24) is 4.57 Å². The Morgan fingerprint density at radius 2 is 1.52 bits per heavy atom. The van der Waals surface area contributed by atoms with Gasteiger partial charge in [-0.2, -0.15) is 0 Å². The van der Waals surface area contributed by atoms with Crippen LogP contribution < -0.4 is 4.74 Å². The van der Waals surface area contributed by atoms with Gasteiger partial charge in [-0.3, -0.25) is 0 Å². The number of fused-ring (bicyclic) bond motifs is 3. The Bertz CT molecular complexity index is 1020. The molecule has 3 aromatic carbocycles. The number of halogens is 1. The Balaban J connectivity index is 2.11. The number of nitrogens with zero attached hydrogens (tertiary/aromatic N) is 1. The summed E-state index contributed by atoms with van der Waals surface area (Å²) in [4.78, 5) is 0. The Morgan fingerprint density at radius 1 is 0.920 bits per heavy atom. The molecule has 4 aromatic rings. The number of ether oxygens (including phenoxy) is 2. The van der Waals surface area contributed by atoms with Gasteiger partial charge in [-0.05, 0) is 52.7 Å². The summed E-state index contributed by atoms with van der Waals surface area (Å²) in [5.74, 6) is 0.777. The lowest BCUT2D eigenvalue weighted by molar-refractivity contribution is 0.0505. The largest absolute Gasteiger partial charge is 0.464 e. The van der Waals surface area contributed by atoms with E-state index < -0.39 is 0 Å². The summed E-state index contributed by atoms with van der Waals surface area (Å²) in [6.45, 7) is 2.29. The third kappa shape index (κ3) is 2.71. The summed E-state index contributed by atoms with van der Waals surface area (Å²) in [6.07, 6.45) is 0. The standard InChI is InChI=1S/C21H18BrNO2/c1-14-11-17(22)21(25-13-24-2)20(12-14)23-18-9-5-3-7-15(18)16-8-4-6-10-19(16)23/h3-12H,13H2,1-2H3. The molecule has 0 spiro atoms. The van der Waals surface area contributed by atoms with Crippen LogP contribution in [-0.4, -0.2) is 18.5 Å². The minimum atomic E-state index is 0.200. The predicted molar refractivity (Wildman–Crippen MR) is 106 cm³/mol. The molecule has 0 bridgehead atoms. The van der Waals surface area contributed by atoms with E-state index in [0.29, 0.717) is 0 Å². The molecule has 0 amide bonds. The fourth-order valence-electron chi connectivity index (χ4n) is 3.32. The first-order valence-electron chi connectivity index (χ1n) is 8.11. The summed E-state index contributed by atoms with van der Waals surface area (Å²) in [7, 11) is 1.63. The smallest absolute Gasteiger partial charge is 0.188 e. The molecule has 0 N–H and O–H groups in total. The van der Waals surface area contributed by atoms with Crippen molar-refractivity contribution in [2.24, 2.45) is 0 Å². The summed E-state index contributed by atoms with van der Waals surface area (Å²) in [5.41, 5.74) is 4.47. The van der Waals surface area contributed by atoms with E-state index in [9.17, 15) is 0 Å². The highest BCUT2D eigenvalue weighted by atomic mass is 79.9. The van der Waals surface area contributed by atoms with E-state index in [4.69, 9.17) is 9.47 Å². The second-order valence-corrected chi connectivity index (χ2v) is 6.87. The van der Waals surface area contributed by atoms with Crippen molar-refractivity contribution >= 4 is 37.7 Å². The number of hydrogen-bond donors (Lipinski definition) is 0. The van der Waals surface area contributed by atoms with Gasteiger partial charge in [0.15, 0.2) is 12.5 Å². The van der Waals surface area contributed by atoms with Gasteiger partial charge in [-0.25, -0.2) is 0 Å². The zero-order valence-corrected chi connectivity index (χ0v) is 15.7. The van der Waals surface area contributed by atoms with Crippen molar-refractivity contribution < 1.29 is 9.47 Å². The maximum absolute atomic E-state index is 5.90. The molecule has 0 saturated heterocycles. The first kappa shape index (κ1) is 16.2. The Kier molecular flexibility index (Phi) is 4.24. The molecule has 0 atom stereocenters. The Labute approximate surface area is 154 Å². The van der Waals surface area contributed by atoms with Crippen LogP contribution in [0.2, 0.25) is 0 Å². The highest BCUT2D eigenvalue weighted by Crippen LogP contribution is 2.39. The SMILES string of the molecule is COCOc1c(Br)cc(C)cc1-n1c2ccccc2c2ccccc21. The van der Waals surface area contributed by atoms with Crippen LogP contribution >= 0.6 is 15.9 Å². The second-order valence-electron chi connectivity index (χ2n) is 6.02. The topological polar surface area (TPSA) is 23.4 Å². The van der Waals surface area contributed by atoms with Crippen LogP contribution in [0, 0.1) is 6.92 Å². The molecule has 3 nitrogen and oxygen atoms in total. The molecule has 4 heteroatoms.